The van der Waals surface area contributed by atoms with Crippen molar-refractivity contribution in [2.75, 3.05) is 13.6 Å². The van der Waals surface area contributed by atoms with E-state index in [9.17, 15) is 0 Å². The maximum Gasteiger partial charge on any atom is 0.117 e. The van der Waals surface area contributed by atoms with Gasteiger partial charge >= 0.3 is 0 Å². The van der Waals surface area contributed by atoms with E-state index in [0.717, 1.165) is 31.7 Å². The van der Waals surface area contributed by atoms with Gasteiger partial charge in [0, 0.05) is 12.1 Å². The van der Waals surface area contributed by atoms with Gasteiger partial charge in [-0.3, -0.25) is 4.90 Å². The Balaban J connectivity index is 2.44. The second-order valence-corrected chi connectivity index (χ2v) is 4.32. The van der Waals surface area contributed by atoms with E-state index >= 15 is 0 Å². The summed E-state index contributed by atoms with van der Waals surface area (Å²) >= 11 is 0. The zero-order chi connectivity index (χ0) is 11.3. The predicted octanol–water partition coefficient (Wildman–Crippen LogP) is 2.23. The number of furan rings is 1. The minimum Gasteiger partial charge on any atom is -0.468 e. The average molecular weight is 210 g/mol. The standard InChI is InChI=1S/C12H22N2O/c1-4-12(13,5-2)10-14(3)9-11-7-6-8-15-11/h6-8H,4-5,9-10,13H2,1-3H3. The van der Waals surface area contributed by atoms with Crippen molar-refractivity contribution in [3.63, 3.8) is 0 Å². The van der Waals surface area contributed by atoms with Crippen LogP contribution >= 0.6 is 0 Å². The van der Waals surface area contributed by atoms with Crippen LogP contribution in [0, 0.1) is 0 Å². The molecule has 1 heterocycles. The molecule has 0 amide bonds. The van der Waals surface area contributed by atoms with Gasteiger partial charge in [-0.25, -0.2) is 0 Å². The molecule has 3 heteroatoms. The molecular weight excluding hydrogens is 188 g/mol. The normalized spacial score (nSPS) is 12.3. The van der Waals surface area contributed by atoms with Gasteiger partial charge in [0.15, 0.2) is 0 Å². The summed E-state index contributed by atoms with van der Waals surface area (Å²) in [5, 5.41) is 0. The van der Waals surface area contributed by atoms with Gasteiger partial charge in [0.1, 0.15) is 5.76 Å². The van der Waals surface area contributed by atoms with Crippen LogP contribution in [0.3, 0.4) is 0 Å². The van der Waals surface area contributed by atoms with Crippen molar-refractivity contribution in [1.29, 1.82) is 0 Å². The maximum absolute atomic E-state index is 6.25. The van der Waals surface area contributed by atoms with Gasteiger partial charge in [-0.2, -0.15) is 0 Å². The number of rotatable bonds is 6. The van der Waals surface area contributed by atoms with Gasteiger partial charge in [-0.05, 0) is 32.0 Å². The minimum absolute atomic E-state index is 0.0681. The molecule has 0 unspecified atom stereocenters. The summed E-state index contributed by atoms with van der Waals surface area (Å²) in [5.74, 6) is 0.993. The largest absolute Gasteiger partial charge is 0.468 e. The van der Waals surface area contributed by atoms with Crippen LogP contribution < -0.4 is 5.73 Å². The fourth-order valence-corrected chi connectivity index (χ4v) is 1.74. The number of hydrogen-bond donors (Lipinski definition) is 1. The highest BCUT2D eigenvalue weighted by Gasteiger charge is 2.22. The Kier molecular flexibility index (Phi) is 4.36. The van der Waals surface area contributed by atoms with Gasteiger partial charge < -0.3 is 10.2 Å². The van der Waals surface area contributed by atoms with Crippen LogP contribution in [-0.2, 0) is 6.54 Å². The molecule has 0 saturated carbocycles. The molecule has 2 N–H and O–H groups in total. The molecule has 0 aliphatic heterocycles. The summed E-state index contributed by atoms with van der Waals surface area (Å²) in [7, 11) is 2.08. The fraction of sp³-hybridized carbons (Fsp3) is 0.667. The first-order chi connectivity index (χ1) is 7.09. The lowest BCUT2D eigenvalue weighted by Crippen LogP contribution is -2.48. The first kappa shape index (κ1) is 12.3. The zero-order valence-corrected chi connectivity index (χ0v) is 9.99. The second-order valence-electron chi connectivity index (χ2n) is 4.32. The van der Waals surface area contributed by atoms with Crippen LogP contribution in [0.5, 0.6) is 0 Å². The van der Waals surface area contributed by atoms with Gasteiger partial charge in [0.2, 0.25) is 0 Å². The van der Waals surface area contributed by atoms with Crippen LogP contribution in [0.25, 0.3) is 0 Å². The van der Waals surface area contributed by atoms with Crippen LogP contribution in [0.1, 0.15) is 32.4 Å². The van der Waals surface area contributed by atoms with E-state index in [2.05, 4.69) is 25.8 Å². The van der Waals surface area contributed by atoms with Crippen LogP contribution in [0.4, 0.5) is 0 Å². The SMILES string of the molecule is CCC(N)(CC)CN(C)Cc1ccco1. The molecule has 1 rings (SSSR count). The third kappa shape index (κ3) is 3.68. The van der Waals surface area contributed by atoms with Crippen molar-refractivity contribution in [2.24, 2.45) is 5.73 Å². The lowest BCUT2D eigenvalue weighted by atomic mass is 9.94. The number of likely N-dealkylation sites (N-methyl/N-ethyl adjacent to an activating group) is 1. The molecule has 1 aromatic heterocycles. The first-order valence-corrected chi connectivity index (χ1v) is 5.59. The van der Waals surface area contributed by atoms with Gasteiger partial charge in [0.25, 0.3) is 0 Å². The summed E-state index contributed by atoms with van der Waals surface area (Å²) in [6, 6.07) is 3.91. The van der Waals surface area contributed by atoms with Gasteiger partial charge in [0.05, 0.1) is 12.8 Å². The third-order valence-electron chi connectivity index (χ3n) is 3.00. The zero-order valence-electron chi connectivity index (χ0n) is 9.99. The van der Waals surface area contributed by atoms with Crippen molar-refractivity contribution in [3.05, 3.63) is 24.2 Å². The predicted molar refractivity (Wildman–Crippen MR) is 62.5 cm³/mol. The molecular formula is C12H22N2O. The summed E-state index contributed by atoms with van der Waals surface area (Å²) < 4.78 is 5.30. The van der Waals surface area contributed by atoms with Crippen molar-refractivity contribution in [1.82, 2.24) is 4.90 Å². The third-order valence-corrected chi connectivity index (χ3v) is 3.00. The van der Waals surface area contributed by atoms with Crippen molar-refractivity contribution in [3.8, 4) is 0 Å². The Morgan fingerprint density at radius 3 is 2.53 bits per heavy atom. The maximum atomic E-state index is 6.25. The highest BCUT2D eigenvalue weighted by Crippen LogP contribution is 2.14. The van der Waals surface area contributed by atoms with E-state index < -0.39 is 0 Å². The molecule has 1 aromatic rings. The molecule has 15 heavy (non-hydrogen) atoms. The molecule has 0 radical (unpaired) electrons. The minimum atomic E-state index is -0.0681. The van der Waals surface area contributed by atoms with E-state index in [0.29, 0.717) is 0 Å². The highest BCUT2D eigenvalue weighted by atomic mass is 16.3. The fourth-order valence-electron chi connectivity index (χ4n) is 1.74. The van der Waals surface area contributed by atoms with Crippen LogP contribution in [0.15, 0.2) is 22.8 Å². The number of hydrogen-bond acceptors (Lipinski definition) is 3. The molecule has 0 atom stereocenters. The second kappa shape index (κ2) is 5.33. The van der Waals surface area contributed by atoms with Crippen LogP contribution in [-0.4, -0.2) is 24.0 Å². The molecule has 0 bridgehead atoms. The lowest BCUT2D eigenvalue weighted by molar-refractivity contribution is 0.215. The number of nitrogens with two attached hydrogens (primary N) is 1. The monoisotopic (exact) mass is 210 g/mol. The molecule has 86 valence electrons. The Morgan fingerprint density at radius 1 is 1.40 bits per heavy atom. The molecule has 3 nitrogen and oxygen atoms in total. The lowest BCUT2D eigenvalue weighted by Gasteiger charge is -2.31. The summed E-state index contributed by atoms with van der Waals surface area (Å²) in [5.41, 5.74) is 6.19. The number of nitrogens with zero attached hydrogens (tertiary/aromatic N) is 1. The van der Waals surface area contributed by atoms with Crippen molar-refractivity contribution < 1.29 is 4.42 Å². The Labute approximate surface area is 92.2 Å². The molecule has 0 fully saturated rings. The molecule has 0 saturated heterocycles. The molecule has 0 spiro atoms. The Morgan fingerprint density at radius 2 is 2.07 bits per heavy atom. The van der Waals surface area contributed by atoms with E-state index in [4.69, 9.17) is 10.2 Å². The van der Waals surface area contributed by atoms with Gasteiger partial charge in [-0.15, -0.1) is 0 Å². The summed E-state index contributed by atoms with van der Waals surface area (Å²) in [6.45, 7) is 6.01. The summed E-state index contributed by atoms with van der Waals surface area (Å²) in [6.07, 6.45) is 3.72. The molecule has 0 aliphatic rings. The van der Waals surface area contributed by atoms with E-state index in [1.54, 1.807) is 6.26 Å². The quantitative estimate of drug-likeness (QED) is 0.783. The van der Waals surface area contributed by atoms with Crippen molar-refractivity contribution in [2.45, 2.75) is 38.8 Å². The molecule has 0 aliphatic carbocycles. The van der Waals surface area contributed by atoms with Crippen LogP contribution in [0.2, 0.25) is 0 Å². The smallest absolute Gasteiger partial charge is 0.117 e. The highest BCUT2D eigenvalue weighted by molar-refractivity contribution is 4.98. The van der Waals surface area contributed by atoms with Gasteiger partial charge in [-0.1, -0.05) is 13.8 Å². The summed E-state index contributed by atoms with van der Waals surface area (Å²) in [4.78, 5) is 2.21. The Bertz CT molecular complexity index is 265. The topological polar surface area (TPSA) is 42.4 Å². The van der Waals surface area contributed by atoms with Crippen molar-refractivity contribution >= 4 is 0 Å². The van der Waals surface area contributed by atoms with E-state index in [1.165, 1.54) is 0 Å². The van der Waals surface area contributed by atoms with E-state index in [1.807, 2.05) is 12.1 Å². The first-order valence-electron chi connectivity index (χ1n) is 5.59. The van der Waals surface area contributed by atoms with E-state index in [-0.39, 0.29) is 5.54 Å². The molecule has 0 aromatic carbocycles. The average Bonchev–Trinajstić information content (AvgIpc) is 2.70. The Hall–Kier alpha value is -0.800.